The number of carbonyl (C=O) groups excluding carboxylic acids is 1. The Kier molecular flexibility index (Phi) is 6.96. The SMILES string of the molecule is O=C(NCc1ccccc1)c1coc(CN2CCN(Cc3ccc(F)c(Cl)c3)CC2)n1. The van der Waals surface area contributed by atoms with Crippen molar-refractivity contribution >= 4 is 17.5 Å². The highest BCUT2D eigenvalue weighted by molar-refractivity contribution is 6.30. The highest BCUT2D eigenvalue weighted by Gasteiger charge is 2.20. The van der Waals surface area contributed by atoms with E-state index in [1.807, 2.05) is 30.3 Å². The quantitative estimate of drug-likeness (QED) is 0.604. The van der Waals surface area contributed by atoms with Crippen LogP contribution in [0, 0.1) is 5.82 Å². The molecule has 8 heteroatoms. The lowest BCUT2D eigenvalue weighted by Crippen LogP contribution is -2.45. The Morgan fingerprint density at radius 1 is 1.03 bits per heavy atom. The van der Waals surface area contributed by atoms with Crippen LogP contribution in [-0.4, -0.2) is 46.9 Å². The van der Waals surface area contributed by atoms with E-state index in [0.717, 1.165) is 43.9 Å². The normalized spacial score (nSPS) is 15.2. The van der Waals surface area contributed by atoms with Gasteiger partial charge in [-0.2, -0.15) is 0 Å². The molecule has 1 aliphatic rings. The van der Waals surface area contributed by atoms with Crippen LogP contribution in [0.25, 0.3) is 0 Å². The Balaban J connectivity index is 1.23. The van der Waals surface area contributed by atoms with Crippen molar-refractivity contribution in [2.75, 3.05) is 26.2 Å². The zero-order valence-corrected chi connectivity index (χ0v) is 17.8. The second-order valence-corrected chi connectivity index (χ2v) is 8.00. The van der Waals surface area contributed by atoms with E-state index >= 15 is 0 Å². The first kappa shape index (κ1) is 21.5. The Morgan fingerprint density at radius 3 is 2.45 bits per heavy atom. The molecule has 0 aliphatic carbocycles. The van der Waals surface area contributed by atoms with E-state index in [1.54, 1.807) is 12.1 Å². The fraction of sp³-hybridized carbons (Fsp3) is 0.304. The summed E-state index contributed by atoms with van der Waals surface area (Å²) in [5.41, 5.74) is 2.32. The summed E-state index contributed by atoms with van der Waals surface area (Å²) in [7, 11) is 0. The summed E-state index contributed by atoms with van der Waals surface area (Å²) in [5, 5.41) is 3.01. The summed E-state index contributed by atoms with van der Waals surface area (Å²) in [6.07, 6.45) is 1.41. The maximum absolute atomic E-state index is 13.3. The van der Waals surface area contributed by atoms with Gasteiger partial charge in [-0.25, -0.2) is 9.37 Å². The number of hydrogen-bond donors (Lipinski definition) is 1. The molecule has 6 nitrogen and oxygen atoms in total. The summed E-state index contributed by atoms with van der Waals surface area (Å²) >= 11 is 5.87. The van der Waals surface area contributed by atoms with Crippen molar-refractivity contribution in [2.45, 2.75) is 19.6 Å². The van der Waals surface area contributed by atoms with Crippen LogP contribution in [-0.2, 0) is 19.6 Å². The van der Waals surface area contributed by atoms with Gasteiger partial charge >= 0.3 is 0 Å². The van der Waals surface area contributed by atoms with Crippen molar-refractivity contribution < 1.29 is 13.6 Å². The van der Waals surface area contributed by atoms with Crippen LogP contribution < -0.4 is 5.32 Å². The first-order valence-corrected chi connectivity index (χ1v) is 10.6. The first-order valence-electron chi connectivity index (χ1n) is 10.2. The van der Waals surface area contributed by atoms with Crippen molar-refractivity contribution in [3.05, 3.63) is 88.3 Å². The topological polar surface area (TPSA) is 61.6 Å². The van der Waals surface area contributed by atoms with Crippen molar-refractivity contribution in [1.82, 2.24) is 20.1 Å². The monoisotopic (exact) mass is 442 g/mol. The number of nitrogens with zero attached hydrogens (tertiary/aromatic N) is 3. The molecule has 1 fully saturated rings. The molecule has 1 amide bonds. The summed E-state index contributed by atoms with van der Waals surface area (Å²) in [4.78, 5) is 21.2. The molecule has 0 saturated carbocycles. The van der Waals surface area contributed by atoms with Gasteiger partial charge in [0.05, 0.1) is 11.6 Å². The second kappa shape index (κ2) is 10.0. The maximum atomic E-state index is 13.3. The van der Waals surface area contributed by atoms with Gasteiger partial charge in [0.15, 0.2) is 5.69 Å². The minimum absolute atomic E-state index is 0.156. The largest absolute Gasteiger partial charge is 0.447 e. The van der Waals surface area contributed by atoms with E-state index in [2.05, 4.69) is 20.1 Å². The molecule has 0 bridgehead atoms. The number of rotatable bonds is 7. The Morgan fingerprint density at radius 2 is 1.74 bits per heavy atom. The molecular formula is C23H24ClFN4O2. The Hall–Kier alpha value is -2.74. The van der Waals surface area contributed by atoms with Crippen molar-refractivity contribution in [2.24, 2.45) is 0 Å². The third-order valence-corrected chi connectivity index (χ3v) is 5.58. The lowest BCUT2D eigenvalue weighted by molar-refractivity contribution is 0.0945. The van der Waals surface area contributed by atoms with E-state index in [9.17, 15) is 9.18 Å². The first-order chi connectivity index (χ1) is 15.1. The lowest BCUT2D eigenvalue weighted by atomic mass is 10.2. The van der Waals surface area contributed by atoms with Crippen LogP contribution in [0.15, 0.2) is 59.2 Å². The van der Waals surface area contributed by atoms with Gasteiger partial charge in [-0.05, 0) is 23.3 Å². The van der Waals surface area contributed by atoms with Crippen LogP contribution in [0.4, 0.5) is 4.39 Å². The van der Waals surface area contributed by atoms with Crippen molar-refractivity contribution in [3.63, 3.8) is 0 Å². The van der Waals surface area contributed by atoms with Crippen LogP contribution in [0.2, 0.25) is 5.02 Å². The van der Waals surface area contributed by atoms with E-state index < -0.39 is 5.82 Å². The number of benzene rings is 2. The number of oxazole rings is 1. The number of nitrogens with one attached hydrogen (secondary N) is 1. The number of halogens is 2. The molecule has 0 atom stereocenters. The number of carbonyl (C=O) groups is 1. The molecule has 4 rings (SSSR count). The molecule has 162 valence electrons. The third kappa shape index (κ3) is 5.91. The van der Waals surface area contributed by atoms with Gasteiger partial charge in [-0.1, -0.05) is 48.0 Å². The molecule has 0 radical (unpaired) electrons. The fourth-order valence-electron chi connectivity index (χ4n) is 3.55. The number of aromatic nitrogens is 1. The van der Waals surface area contributed by atoms with Gasteiger partial charge < -0.3 is 9.73 Å². The number of piperazine rings is 1. The van der Waals surface area contributed by atoms with Crippen molar-refractivity contribution in [3.8, 4) is 0 Å². The summed E-state index contributed by atoms with van der Waals surface area (Å²) in [6.45, 7) is 5.20. The zero-order chi connectivity index (χ0) is 21.6. The predicted octanol–water partition coefficient (Wildman–Crippen LogP) is 3.71. The van der Waals surface area contributed by atoms with E-state index in [0.29, 0.717) is 19.0 Å². The molecule has 0 spiro atoms. The molecule has 31 heavy (non-hydrogen) atoms. The Labute approximate surface area is 185 Å². The Bertz CT molecular complexity index is 1020. The zero-order valence-electron chi connectivity index (χ0n) is 17.1. The van der Waals surface area contributed by atoms with Gasteiger partial charge in [0, 0.05) is 39.3 Å². The average Bonchev–Trinajstić information content (AvgIpc) is 3.25. The molecule has 1 aliphatic heterocycles. The highest BCUT2D eigenvalue weighted by Crippen LogP contribution is 2.18. The molecular weight excluding hydrogens is 419 g/mol. The van der Waals surface area contributed by atoms with Gasteiger partial charge in [-0.3, -0.25) is 14.6 Å². The van der Waals surface area contributed by atoms with Gasteiger partial charge in [0.2, 0.25) is 5.89 Å². The molecule has 0 unspecified atom stereocenters. The minimum atomic E-state index is -0.394. The highest BCUT2D eigenvalue weighted by atomic mass is 35.5. The molecule has 2 heterocycles. The van der Waals surface area contributed by atoms with E-state index in [4.69, 9.17) is 16.0 Å². The van der Waals surface area contributed by atoms with E-state index in [1.165, 1.54) is 12.3 Å². The number of amides is 1. The fourth-order valence-corrected chi connectivity index (χ4v) is 3.75. The van der Waals surface area contributed by atoms with Crippen LogP contribution in [0.5, 0.6) is 0 Å². The van der Waals surface area contributed by atoms with E-state index in [-0.39, 0.29) is 16.6 Å². The maximum Gasteiger partial charge on any atom is 0.273 e. The summed E-state index contributed by atoms with van der Waals surface area (Å²) < 4.78 is 18.8. The lowest BCUT2D eigenvalue weighted by Gasteiger charge is -2.34. The minimum Gasteiger partial charge on any atom is -0.447 e. The predicted molar refractivity (Wildman–Crippen MR) is 116 cm³/mol. The van der Waals surface area contributed by atoms with Gasteiger partial charge in [0.1, 0.15) is 12.1 Å². The van der Waals surface area contributed by atoms with Gasteiger partial charge in [0.25, 0.3) is 5.91 Å². The third-order valence-electron chi connectivity index (χ3n) is 5.29. The second-order valence-electron chi connectivity index (χ2n) is 7.60. The summed E-state index contributed by atoms with van der Waals surface area (Å²) in [6, 6.07) is 14.6. The standard InChI is InChI=1S/C23H24ClFN4O2/c24-19-12-18(6-7-20(19)25)14-28-8-10-29(11-9-28)15-22-27-21(16-31-22)23(30)26-13-17-4-2-1-3-5-17/h1-7,12,16H,8-11,13-15H2,(H,26,30). The molecule has 3 aromatic rings. The van der Waals surface area contributed by atoms with Crippen molar-refractivity contribution in [1.29, 1.82) is 0 Å². The molecule has 1 aromatic heterocycles. The smallest absolute Gasteiger partial charge is 0.273 e. The molecule has 1 saturated heterocycles. The number of hydrogen-bond acceptors (Lipinski definition) is 5. The molecule has 2 aromatic carbocycles. The summed E-state index contributed by atoms with van der Waals surface area (Å²) in [5.74, 6) is -0.112. The molecule has 1 N–H and O–H groups in total. The van der Waals surface area contributed by atoms with Crippen LogP contribution in [0.1, 0.15) is 27.5 Å². The van der Waals surface area contributed by atoms with Gasteiger partial charge in [-0.15, -0.1) is 0 Å². The van der Waals surface area contributed by atoms with Crippen LogP contribution in [0.3, 0.4) is 0 Å². The average molecular weight is 443 g/mol. The van der Waals surface area contributed by atoms with Crippen LogP contribution >= 0.6 is 11.6 Å².